The van der Waals surface area contributed by atoms with Gasteiger partial charge in [-0.1, -0.05) is 35.3 Å². The van der Waals surface area contributed by atoms with Crippen molar-refractivity contribution >= 4 is 40.4 Å². The average Bonchev–Trinajstić information content (AvgIpc) is 3.12. The summed E-state index contributed by atoms with van der Waals surface area (Å²) in [7, 11) is 0. The zero-order chi connectivity index (χ0) is 18.3. The predicted octanol–water partition coefficient (Wildman–Crippen LogP) is 5.98. The normalized spacial score (nSPS) is 16.4. The van der Waals surface area contributed by atoms with Gasteiger partial charge in [0, 0.05) is 17.0 Å². The van der Waals surface area contributed by atoms with Crippen LogP contribution in [0.4, 0.5) is 4.39 Å². The number of benzene rings is 2. The number of rotatable bonds is 2. The van der Waals surface area contributed by atoms with Crippen molar-refractivity contribution in [1.29, 1.82) is 0 Å². The topological polar surface area (TPSA) is 20.3 Å². The fourth-order valence-electron chi connectivity index (χ4n) is 3.33. The molecule has 0 N–H and O–H groups in total. The van der Waals surface area contributed by atoms with E-state index in [2.05, 4.69) is 0 Å². The molecule has 0 aliphatic carbocycles. The highest BCUT2D eigenvalue weighted by atomic mass is 35.5. The summed E-state index contributed by atoms with van der Waals surface area (Å²) < 4.78 is 13.4. The molecule has 0 fully saturated rings. The van der Waals surface area contributed by atoms with E-state index < -0.39 is 0 Å². The smallest absolute Gasteiger partial charge is 0.254 e. The zero-order valence-corrected chi connectivity index (χ0v) is 15.9. The molecule has 6 heteroatoms. The second-order valence-electron chi connectivity index (χ2n) is 6.13. The summed E-state index contributed by atoms with van der Waals surface area (Å²) in [6, 6.07) is 13.0. The molecule has 26 heavy (non-hydrogen) atoms. The van der Waals surface area contributed by atoms with Gasteiger partial charge < -0.3 is 4.90 Å². The predicted molar refractivity (Wildman–Crippen MR) is 104 cm³/mol. The lowest BCUT2D eigenvalue weighted by Crippen LogP contribution is -2.40. The molecule has 0 saturated carbocycles. The Morgan fingerprint density at radius 2 is 1.85 bits per heavy atom. The lowest BCUT2D eigenvalue weighted by atomic mass is 9.92. The molecule has 1 aliphatic rings. The Labute approximate surface area is 164 Å². The molecule has 0 unspecified atom stereocenters. The number of halogens is 3. The van der Waals surface area contributed by atoms with E-state index in [1.165, 1.54) is 17.0 Å². The molecule has 3 aromatic rings. The third kappa shape index (κ3) is 3.13. The van der Waals surface area contributed by atoms with Gasteiger partial charge in [-0.15, -0.1) is 11.3 Å². The van der Waals surface area contributed by atoms with Crippen LogP contribution >= 0.6 is 34.5 Å². The van der Waals surface area contributed by atoms with Crippen molar-refractivity contribution in [2.75, 3.05) is 6.54 Å². The molecule has 4 rings (SSSR count). The molecular formula is C20H14Cl2FNOS. The Hall–Kier alpha value is -1.88. The van der Waals surface area contributed by atoms with Gasteiger partial charge in [0.1, 0.15) is 5.82 Å². The monoisotopic (exact) mass is 405 g/mol. The van der Waals surface area contributed by atoms with Gasteiger partial charge in [-0.25, -0.2) is 4.39 Å². The van der Waals surface area contributed by atoms with E-state index in [1.807, 2.05) is 16.3 Å². The summed E-state index contributed by atoms with van der Waals surface area (Å²) >= 11 is 13.8. The minimum atomic E-state index is -0.294. The van der Waals surface area contributed by atoms with Crippen molar-refractivity contribution in [2.45, 2.75) is 12.5 Å². The summed E-state index contributed by atoms with van der Waals surface area (Å²) in [5, 5.41) is 2.80. The molecule has 2 aromatic carbocycles. The maximum atomic E-state index is 13.4. The number of carbonyl (C=O) groups is 1. The molecule has 0 radical (unpaired) electrons. The van der Waals surface area contributed by atoms with Gasteiger partial charge in [0.2, 0.25) is 0 Å². The largest absolute Gasteiger partial charge is 0.327 e. The average molecular weight is 406 g/mol. The highest BCUT2D eigenvalue weighted by molar-refractivity contribution is 7.10. The van der Waals surface area contributed by atoms with Crippen LogP contribution < -0.4 is 0 Å². The van der Waals surface area contributed by atoms with E-state index in [1.54, 1.807) is 41.7 Å². The maximum Gasteiger partial charge on any atom is 0.254 e. The molecule has 132 valence electrons. The molecule has 1 atom stereocenters. The van der Waals surface area contributed by atoms with Crippen LogP contribution in [-0.2, 0) is 6.42 Å². The molecule has 1 aromatic heterocycles. The first-order valence-corrected chi connectivity index (χ1v) is 9.76. The Morgan fingerprint density at radius 3 is 2.58 bits per heavy atom. The Bertz CT molecular complexity index is 970. The molecule has 0 saturated heterocycles. The van der Waals surface area contributed by atoms with Gasteiger partial charge in [-0.3, -0.25) is 4.79 Å². The van der Waals surface area contributed by atoms with Crippen LogP contribution in [0.1, 0.15) is 32.4 Å². The summed E-state index contributed by atoms with van der Waals surface area (Å²) in [5.74, 6) is -0.410. The zero-order valence-electron chi connectivity index (χ0n) is 13.6. The van der Waals surface area contributed by atoms with Crippen LogP contribution in [-0.4, -0.2) is 17.4 Å². The van der Waals surface area contributed by atoms with Crippen LogP contribution in [0.5, 0.6) is 0 Å². The fourth-order valence-corrected chi connectivity index (χ4v) is 4.54. The highest BCUT2D eigenvalue weighted by Gasteiger charge is 2.33. The number of hydrogen-bond acceptors (Lipinski definition) is 2. The van der Waals surface area contributed by atoms with Crippen molar-refractivity contribution in [1.82, 2.24) is 4.90 Å². The molecular weight excluding hydrogens is 392 g/mol. The molecule has 0 spiro atoms. The third-order valence-corrected chi connectivity index (χ3v) is 6.31. The van der Waals surface area contributed by atoms with E-state index in [0.29, 0.717) is 22.2 Å². The standard InChI is InChI=1S/C20H14Cl2FNOS/c21-16-6-3-13(11-17(16)22)20(25)24-9-7-18-15(8-10-26-18)19(24)12-1-4-14(23)5-2-12/h1-6,8,10-11,19H,7,9H2/t19-/m0/s1. The minimum Gasteiger partial charge on any atom is -0.327 e. The van der Waals surface area contributed by atoms with E-state index in [-0.39, 0.29) is 17.8 Å². The van der Waals surface area contributed by atoms with Crippen molar-refractivity contribution in [3.8, 4) is 0 Å². The van der Waals surface area contributed by atoms with Crippen molar-refractivity contribution in [3.05, 3.63) is 91.3 Å². The van der Waals surface area contributed by atoms with Gasteiger partial charge >= 0.3 is 0 Å². The third-order valence-electron chi connectivity index (χ3n) is 4.58. The second-order valence-corrected chi connectivity index (χ2v) is 7.95. The van der Waals surface area contributed by atoms with Crippen molar-refractivity contribution < 1.29 is 9.18 Å². The molecule has 1 aliphatic heterocycles. The summed E-state index contributed by atoms with van der Waals surface area (Å²) in [5.41, 5.74) is 2.48. The number of carbonyl (C=O) groups excluding carboxylic acids is 1. The fraction of sp³-hybridized carbons (Fsp3) is 0.150. The van der Waals surface area contributed by atoms with Crippen molar-refractivity contribution in [3.63, 3.8) is 0 Å². The Kier molecular flexibility index (Phi) is 4.74. The van der Waals surface area contributed by atoms with Gasteiger partial charge in [0.05, 0.1) is 16.1 Å². The molecule has 2 nitrogen and oxygen atoms in total. The van der Waals surface area contributed by atoms with Crippen molar-refractivity contribution in [2.24, 2.45) is 0 Å². The number of fused-ring (bicyclic) bond motifs is 1. The van der Waals surface area contributed by atoms with E-state index in [9.17, 15) is 9.18 Å². The Balaban J connectivity index is 1.77. The van der Waals surface area contributed by atoms with Gasteiger partial charge in [-0.05, 0) is 59.3 Å². The first-order valence-electron chi connectivity index (χ1n) is 8.12. The first kappa shape index (κ1) is 17.5. The van der Waals surface area contributed by atoms with Crippen LogP contribution in [0.2, 0.25) is 10.0 Å². The first-order chi connectivity index (χ1) is 12.5. The van der Waals surface area contributed by atoms with Crippen LogP contribution in [0.3, 0.4) is 0 Å². The summed E-state index contributed by atoms with van der Waals surface area (Å²) in [6.45, 7) is 0.592. The van der Waals surface area contributed by atoms with E-state index >= 15 is 0 Å². The lowest BCUT2D eigenvalue weighted by molar-refractivity contribution is 0.0696. The van der Waals surface area contributed by atoms with Crippen LogP contribution in [0, 0.1) is 5.82 Å². The van der Waals surface area contributed by atoms with E-state index in [0.717, 1.165) is 17.5 Å². The number of hydrogen-bond donors (Lipinski definition) is 0. The van der Waals surface area contributed by atoms with Gasteiger partial charge in [0.25, 0.3) is 5.91 Å². The Morgan fingerprint density at radius 1 is 1.08 bits per heavy atom. The van der Waals surface area contributed by atoms with E-state index in [4.69, 9.17) is 23.2 Å². The summed E-state index contributed by atoms with van der Waals surface area (Å²) in [4.78, 5) is 16.3. The minimum absolute atomic E-state index is 0.116. The van der Waals surface area contributed by atoms with Crippen LogP contribution in [0.25, 0.3) is 0 Å². The lowest BCUT2D eigenvalue weighted by Gasteiger charge is -2.36. The molecule has 1 amide bonds. The number of nitrogens with zero attached hydrogens (tertiary/aromatic N) is 1. The quantitative estimate of drug-likeness (QED) is 0.513. The number of thiophene rings is 1. The molecule has 0 bridgehead atoms. The van der Waals surface area contributed by atoms with Gasteiger partial charge in [-0.2, -0.15) is 0 Å². The second kappa shape index (κ2) is 7.03. The number of amides is 1. The van der Waals surface area contributed by atoms with Crippen LogP contribution in [0.15, 0.2) is 53.9 Å². The summed E-state index contributed by atoms with van der Waals surface area (Å²) in [6.07, 6.45) is 0.803. The maximum absolute atomic E-state index is 13.4. The van der Waals surface area contributed by atoms with Gasteiger partial charge in [0.15, 0.2) is 0 Å². The molecule has 2 heterocycles. The SMILES string of the molecule is O=C(c1ccc(Cl)c(Cl)c1)N1CCc2sccc2[C@@H]1c1ccc(F)cc1. The highest BCUT2D eigenvalue weighted by Crippen LogP contribution is 2.38.